The summed E-state index contributed by atoms with van der Waals surface area (Å²) in [5.41, 5.74) is 5.97. The minimum Gasteiger partial charge on any atom is -0.488 e. The van der Waals surface area contributed by atoms with Crippen LogP contribution < -0.4 is 4.74 Å². The number of hydrogen-bond donors (Lipinski definition) is 1. The highest BCUT2D eigenvalue weighted by atomic mass is 35.5. The molecule has 33 heavy (non-hydrogen) atoms. The van der Waals surface area contributed by atoms with Gasteiger partial charge >= 0.3 is 0 Å². The second-order valence-electron chi connectivity index (χ2n) is 7.99. The monoisotopic (exact) mass is 459 g/mol. The van der Waals surface area contributed by atoms with Gasteiger partial charge in [0.1, 0.15) is 24.3 Å². The number of benzene rings is 2. The van der Waals surface area contributed by atoms with E-state index in [1.807, 2.05) is 31.3 Å². The van der Waals surface area contributed by atoms with Crippen molar-refractivity contribution in [3.05, 3.63) is 105 Å². The zero-order valence-corrected chi connectivity index (χ0v) is 18.7. The number of rotatable bonds is 2. The van der Waals surface area contributed by atoms with Crippen LogP contribution >= 0.6 is 11.6 Å². The first-order valence-electron chi connectivity index (χ1n) is 10.4. The lowest BCUT2D eigenvalue weighted by atomic mass is 9.89. The van der Waals surface area contributed by atoms with Crippen LogP contribution in [0, 0.1) is 24.1 Å². The molecule has 0 fully saturated rings. The zero-order chi connectivity index (χ0) is 23.3. The number of aryl methyl sites for hydroxylation is 1. The third kappa shape index (κ3) is 3.46. The number of aromatic nitrogens is 2. The second kappa shape index (κ2) is 8.04. The van der Waals surface area contributed by atoms with Crippen LogP contribution in [0.5, 0.6) is 5.75 Å². The molecule has 0 spiro atoms. The van der Waals surface area contributed by atoms with Gasteiger partial charge in [0.15, 0.2) is 5.65 Å². The Bertz CT molecular complexity index is 1500. The molecule has 0 bridgehead atoms. The standard InChI is InChI=1S/C26H19ClFN3O2/c1-14(12-29)23-19-7-5-16(10-17(19)13-33-22-11-18(28)6-8-20(22)23)25(32)24-15(2)30-26-21(27)4-3-9-31(24)26/h3-11,25,32H,13H2,1-2H3. The fourth-order valence-corrected chi connectivity index (χ4v) is 4.59. The number of fused-ring (bicyclic) bond motifs is 3. The Morgan fingerprint density at radius 2 is 2.03 bits per heavy atom. The SMILES string of the molecule is CC(C#N)=C1c2ccc(C(O)c3c(C)nc4c(Cl)cccn34)cc2COc2cc(F)ccc21. The van der Waals surface area contributed by atoms with Gasteiger partial charge in [0, 0.05) is 29.0 Å². The maximum atomic E-state index is 13.9. The molecule has 7 heteroatoms. The van der Waals surface area contributed by atoms with Gasteiger partial charge in [0.25, 0.3) is 0 Å². The van der Waals surface area contributed by atoms with Crippen LogP contribution in [-0.4, -0.2) is 14.5 Å². The van der Waals surface area contributed by atoms with E-state index in [1.165, 1.54) is 12.1 Å². The van der Waals surface area contributed by atoms with Gasteiger partial charge in [-0.3, -0.25) is 4.40 Å². The lowest BCUT2D eigenvalue weighted by Gasteiger charge is -2.16. The summed E-state index contributed by atoms with van der Waals surface area (Å²) < 4.78 is 21.6. The molecule has 0 saturated carbocycles. The number of pyridine rings is 1. The van der Waals surface area contributed by atoms with E-state index in [0.29, 0.717) is 50.1 Å². The average Bonchev–Trinajstić information content (AvgIpc) is 3.06. The summed E-state index contributed by atoms with van der Waals surface area (Å²) in [7, 11) is 0. The molecule has 1 N–H and O–H groups in total. The van der Waals surface area contributed by atoms with Crippen molar-refractivity contribution in [2.45, 2.75) is 26.6 Å². The van der Waals surface area contributed by atoms with Crippen LogP contribution in [0.1, 0.15) is 46.7 Å². The van der Waals surface area contributed by atoms with E-state index in [9.17, 15) is 14.8 Å². The predicted octanol–water partition coefficient (Wildman–Crippen LogP) is 5.75. The predicted molar refractivity (Wildman–Crippen MR) is 123 cm³/mol. The first-order valence-corrected chi connectivity index (χ1v) is 10.7. The molecule has 1 atom stereocenters. The Morgan fingerprint density at radius 1 is 1.24 bits per heavy atom. The fraction of sp³-hybridized carbons (Fsp3) is 0.154. The zero-order valence-electron chi connectivity index (χ0n) is 17.9. The van der Waals surface area contributed by atoms with E-state index < -0.39 is 11.9 Å². The molecular weight excluding hydrogens is 441 g/mol. The molecule has 2 aromatic heterocycles. The normalized spacial score (nSPS) is 15.2. The number of nitriles is 1. The molecule has 4 aromatic rings. The largest absolute Gasteiger partial charge is 0.488 e. The lowest BCUT2D eigenvalue weighted by molar-refractivity contribution is 0.213. The molecule has 0 radical (unpaired) electrons. The van der Waals surface area contributed by atoms with Crippen LogP contribution in [0.2, 0.25) is 5.02 Å². The van der Waals surface area contributed by atoms with E-state index in [2.05, 4.69) is 11.1 Å². The molecule has 5 rings (SSSR count). The van der Waals surface area contributed by atoms with Crippen LogP contribution in [0.15, 0.2) is 60.3 Å². The molecule has 1 aliphatic heterocycles. The van der Waals surface area contributed by atoms with Gasteiger partial charge in [-0.2, -0.15) is 5.26 Å². The minimum absolute atomic E-state index is 0.173. The highest BCUT2D eigenvalue weighted by molar-refractivity contribution is 6.33. The van der Waals surface area contributed by atoms with Crippen molar-refractivity contribution in [1.82, 2.24) is 9.38 Å². The molecule has 1 unspecified atom stereocenters. The summed E-state index contributed by atoms with van der Waals surface area (Å²) in [5, 5.41) is 21.4. The molecular formula is C26H19ClFN3O2. The van der Waals surface area contributed by atoms with Gasteiger partial charge in [-0.25, -0.2) is 9.37 Å². The van der Waals surface area contributed by atoms with Gasteiger partial charge in [-0.05, 0) is 60.9 Å². The van der Waals surface area contributed by atoms with Gasteiger partial charge in [-0.1, -0.05) is 23.7 Å². The Labute approximate surface area is 195 Å². The Kier molecular flexibility index (Phi) is 5.16. The van der Waals surface area contributed by atoms with Crippen LogP contribution in [0.25, 0.3) is 11.2 Å². The highest BCUT2D eigenvalue weighted by Crippen LogP contribution is 2.40. The first kappa shape index (κ1) is 21.2. The number of halogens is 2. The number of nitrogens with zero attached hydrogens (tertiary/aromatic N) is 3. The molecule has 164 valence electrons. The summed E-state index contributed by atoms with van der Waals surface area (Å²) in [6, 6.07) is 15.6. The van der Waals surface area contributed by atoms with Crippen LogP contribution in [-0.2, 0) is 6.61 Å². The van der Waals surface area contributed by atoms with Crippen molar-refractivity contribution in [3.8, 4) is 11.8 Å². The number of hydrogen-bond acceptors (Lipinski definition) is 4. The van der Waals surface area contributed by atoms with E-state index in [-0.39, 0.29) is 6.61 Å². The van der Waals surface area contributed by atoms with Gasteiger partial charge < -0.3 is 9.84 Å². The molecule has 0 aliphatic carbocycles. The third-order valence-corrected chi connectivity index (χ3v) is 6.23. The molecule has 0 amide bonds. The molecule has 1 aliphatic rings. The smallest absolute Gasteiger partial charge is 0.156 e. The number of allylic oxidation sites excluding steroid dienone is 1. The van der Waals surface area contributed by atoms with Crippen molar-refractivity contribution in [2.24, 2.45) is 0 Å². The third-order valence-electron chi connectivity index (χ3n) is 5.94. The van der Waals surface area contributed by atoms with Crippen molar-refractivity contribution >= 4 is 22.8 Å². The summed E-state index contributed by atoms with van der Waals surface area (Å²) >= 11 is 6.28. The van der Waals surface area contributed by atoms with Crippen LogP contribution in [0.4, 0.5) is 4.39 Å². The quantitative estimate of drug-likeness (QED) is 0.387. The number of ether oxygens (including phenoxy) is 1. The Balaban J connectivity index is 1.65. The summed E-state index contributed by atoms with van der Waals surface area (Å²) in [6.45, 7) is 3.73. The minimum atomic E-state index is -0.962. The number of aliphatic hydroxyl groups is 1. The van der Waals surface area contributed by atoms with Crippen molar-refractivity contribution in [3.63, 3.8) is 0 Å². The maximum absolute atomic E-state index is 13.9. The van der Waals surface area contributed by atoms with Crippen molar-refractivity contribution in [2.75, 3.05) is 0 Å². The van der Waals surface area contributed by atoms with Crippen molar-refractivity contribution < 1.29 is 14.2 Å². The molecule has 5 nitrogen and oxygen atoms in total. The van der Waals surface area contributed by atoms with Crippen LogP contribution in [0.3, 0.4) is 0 Å². The maximum Gasteiger partial charge on any atom is 0.156 e. The average molecular weight is 460 g/mol. The second-order valence-corrected chi connectivity index (χ2v) is 8.40. The Hall–Kier alpha value is -3.66. The first-order chi connectivity index (χ1) is 15.9. The molecule has 3 heterocycles. The summed E-state index contributed by atoms with van der Waals surface area (Å²) in [6.07, 6.45) is 0.852. The van der Waals surface area contributed by atoms with Gasteiger partial charge in [-0.15, -0.1) is 0 Å². The van der Waals surface area contributed by atoms with E-state index >= 15 is 0 Å². The molecule has 0 saturated heterocycles. The summed E-state index contributed by atoms with van der Waals surface area (Å²) in [5.74, 6) is -0.0308. The highest BCUT2D eigenvalue weighted by Gasteiger charge is 2.25. The van der Waals surface area contributed by atoms with E-state index in [4.69, 9.17) is 16.3 Å². The van der Waals surface area contributed by atoms with Crippen molar-refractivity contribution in [1.29, 1.82) is 5.26 Å². The van der Waals surface area contributed by atoms with E-state index in [1.54, 1.807) is 29.5 Å². The lowest BCUT2D eigenvalue weighted by Crippen LogP contribution is -2.07. The van der Waals surface area contributed by atoms with Gasteiger partial charge in [0.2, 0.25) is 0 Å². The molecule has 2 aromatic carbocycles. The van der Waals surface area contributed by atoms with Gasteiger partial charge in [0.05, 0.1) is 22.5 Å². The van der Waals surface area contributed by atoms with E-state index in [0.717, 1.165) is 11.1 Å². The number of aliphatic hydroxyl groups excluding tert-OH is 1. The Morgan fingerprint density at radius 3 is 2.82 bits per heavy atom. The number of imidazole rings is 1. The topological polar surface area (TPSA) is 70.5 Å². The summed E-state index contributed by atoms with van der Waals surface area (Å²) in [4.78, 5) is 4.51. The fourth-order valence-electron chi connectivity index (χ4n) is 4.38.